The second-order valence-electron chi connectivity index (χ2n) is 8.73. The topological polar surface area (TPSA) is 120 Å². The normalized spacial score (nSPS) is 10.8. The van der Waals surface area contributed by atoms with Crippen LogP contribution in [0.15, 0.2) is 81.1 Å². The molecule has 38 heavy (non-hydrogen) atoms. The van der Waals surface area contributed by atoms with Crippen LogP contribution in [0.1, 0.15) is 49.8 Å². The van der Waals surface area contributed by atoms with Gasteiger partial charge in [0.25, 0.3) is 5.56 Å². The number of aryl methyl sites for hydroxylation is 2. The van der Waals surface area contributed by atoms with Crippen molar-refractivity contribution in [2.45, 2.75) is 47.0 Å². The Morgan fingerprint density at radius 1 is 0.974 bits per heavy atom. The van der Waals surface area contributed by atoms with Gasteiger partial charge in [-0.05, 0) is 43.5 Å². The first-order valence-corrected chi connectivity index (χ1v) is 12.2. The van der Waals surface area contributed by atoms with Crippen LogP contribution in [0.25, 0.3) is 28.5 Å². The van der Waals surface area contributed by atoms with E-state index in [0.717, 1.165) is 36.1 Å². The number of unbranched alkanes of at least 4 members (excludes halogenated alkanes) is 1. The van der Waals surface area contributed by atoms with Crippen LogP contribution < -0.4 is 11.3 Å². The molecular formula is C29H30N6O3. The van der Waals surface area contributed by atoms with E-state index < -0.39 is 5.76 Å². The van der Waals surface area contributed by atoms with E-state index >= 15 is 0 Å². The Labute approximate surface area is 220 Å². The molecule has 5 aromatic rings. The molecular weight excluding hydrogens is 480 g/mol. The zero-order valence-corrected chi connectivity index (χ0v) is 20.6. The molecule has 0 aliphatic carbocycles. The first-order valence-electron chi connectivity index (χ1n) is 12.2. The molecule has 0 aliphatic rings. The number of nitrogens with zero attached hydrogens (tertiary/aromatic N) is 5. The van der Waals surface area contributed by atoms with Crippen LogP contribution in [0.4, 0.5) is 0 Å². The van der Waals surface area contributed by atoms with E-state index in [1.807, 2.05) is 61.5 Å². The number of aromatic amines is 1. The van der Waals surface area contributed by atoms with E-state index in [2.05, 4.69) is 31.6 Å². The molecule has 0 atom stereocenters. The van der Waals surface area contributed by atoms with Crippen molar-refractivity contribution in [1.29, 1.82) is 0 Å². The summed E-state index contributed by atoms with van der Waals surface area (Å²) in [6, 6.07) is 16.8. The highest BCUT2D eigenvalue weighted by Gasteiger charge is 2.18. The lowest BCUT2D eigenvalue weighted by atomic mass is 10.0. The summed E-state index contributed by atoms with van der Waals surface area (Å²) in [5, 5.41) is 3.81. The lowest BCUT2D eigenvalue weighted by molar-refractivity contribution is 0.388. The molecule has 0 amide bonds. The van der Waals surface area contributed by atoms with Gasteiger partial charge in [-0.15, -0.1) is 0 Å². The van der Waals surface area contributed by atoms with Crippen molar-refractivity contribution in [2.24, 2.45) is 0 Å². The standard InChI is InChI=1S/C28H26N6O3.CH4/c1-3-4-11-24-22(27(35)34(18(2)31-24)25-12-7-8-15-29-25)16-19-13-14-23(30-17-19)20-9-5-6-10-21(20)26-32-28(36)37-33-26;/h5-10,12-15,17H,3-4,11,16H2,1-2H3,(H,32,33,36);1H4. The Hall–Kier alpha value is -4.66. The number of aromatic nitrogens is 6. The van der Waals surface area contributed by atoms with Gasteiger partial charge in [-0.2, -0.15) is 0 Å². The van der Waals surface area contributed by atoms with E-state index in [0.29, 0.717) is 40.7 Å². The highest BCUT2D eigenvalue weighted by Crippen LogP contribution is 2.28. The third-order valence-electron chi connectivity index (χ3n) is 6.18. The maximum Gasteiger partial charge on any atom is 0.439 e. The summed E-state index contributed by atoms with van der Waals surface area (Å²) in [6.07, 6.45) is 6.54. The Morgan fingerprint density at radius 2 is 1.76 bits per heavy atom. The van der Waals surface area contributed by atoms with Crippen molar-refractivity contribution >= 4 is 0 Å². The molecule has 4 heterocycles. The largest absolute Gasteiger partial charge is 0.439 e. The van der Waals surface area contributed by atoms with Crippen LogP contribution in [0.5, 0.6) is 0 Å². The van der Waals surface area contributed by atoms with Gasteiger partial charge in [-0.1, -0.05) is 62.3 Å². The second kappa shape index (κ2) is 11.6. The minimum absolute atomic E-state index is 0. The number of nitrogens with one attached hydrogen (secondary N) is 1. The van der Waals surface area contributed by atoms with Gasteiger partial charge < -0.3 is 0 Å². The van der Waals surface area contributed by atoms with Gasteiger partial charge >= 0.3 is 5.76 Å². The van der Waals surface area contributed by atoms with E-state index in [1.165, 1.54) is 0 Å². The summed E-state index contributed by atoms with van der Waals surface area (Å²) in [4.78, 5) is 41.6. The number of hydrogen-bond acceptors (Lipinski definition) is 7. The van der Waals surface area contributed by atoms with Crippen molar-refractivity contribution < 1.29 is 4.52 Å². The Bertz CT molecular complexity index is 1640. The monoisotopic (exact) mass is 510 g/mol. The highest BCUT2D eigenvalue weighted by molar-refractivity contribution is 5.78. The number of rotatable bonds is 8. The SMILES string of the molecule is C.CCCCc1nc(C)n(-c2ccccn2)c(=O)c1Cc1ccc(-c2ccccc2-c2noc(=O)[nH]2)nc1. The molecule has 0 saturated heterocycles. The van der Waals surface area contributed by atoms with Gasteiger partial charge in [0, 0.05) is 35.5 Å². The predicted molar refractivity (Wildman–Crippen MR) is 146 cm³/mol. The van der Waals surface area contributed by atoms with E-state index in [-0.39, 0.29) is 13.0 Å². The molecule has 194 valence electrons. The maximum absolute atomic E-state index is 13.7. The highest BCUT2D eigenvalue weighted by atomic mass is 16.5. The fourth-order valence-corrected chi connectivity index (χ4v) is 4.35. The summed E-state index contributed by atoms with van der Waals surface area (Å²) >= 11 is 0. The Kier molecular flexibility index (Phi) is 8.06. The van der Waals surface area contributed by atoms with Crippen LogP contribution in [0.2, 0.25) is 0 Å². The van der Waals surface area contributed by atoms with Gasteiger partial charge in [-0.25, -0.2) is 19.3 Å². The fourth-order valence-electron chi connectivity index (χ4n) is 4.35. The molecule has 1 N–H and O–H groups in total. The first kappa shape index (κ1) is 26.4. The number of pyridine rings is 2. The predicted octanol–water partition coefficient (Wildman–Crippen LogP) is 4.91. The van der Waals surface area contributed by atoms with Crippen LogP contribution in [0, 0.1) is 6.92 Å². The molecule has 0 spiro atoms. The van der Waals surface area contributed by atoms with Crippen molar-refractivity contribution in [3.63, 3.8) is 0 Å². The molecule has 9 nitrogen and oxygen atoms in total. The average Bonchev–Trinajstić information content (AvgIpc) is 3.36. The minimum atomic E-state index is -0.616. The van der Waals surface area contributed by atoms with Crippen molar-refractivity contribution in [3.8, 4) is 28.5 Å². The van der Waals surface area contributed by atoms with E-state index in [4.69, 9.17) is 4.98 Å². The van der Waals surface area contributed by atoms with Gasteiger partial charge in [-0.3, -0.25) is 19.3 Å². The Balaban J connectivity index is 0.00000336. The van der Waals surface area contributed by atoms with Crippen molar-refractivity contribution in [1.82, 2.24) is 29.7 Å². The third-order valence-corrected chi connectivity index (χ3v) is 6.18. The van der Waals surface area contributed by atoms with Crippen LogP contribution in [-0.4, -0.2) is 29.7 Å². The number of hydrogen-bond donors (Lipinski definition) is 1. The third kappa shape index (κ3) is 5.36. The van der Waals surface area contributed by atoms with Gasteiger partial charge in [0.15, 0.2) is 5.82 Å². The zero-order chi connectivity index (χ0) is 25.8. The summed E-state index contributed by atoms with van der Waals surface area (Å²) in [5.41, 5.74) is 4.47. The first-order chi connectivity index (χ1) is 18.0. The number of benzene rings is 1. The van der Waals surface area contributed by atoms with E-state index in [9.17, 15) is 9.59 Å². The smallest absolute Gasteiger partial charge is 0.296 e. The molecule has 0 fully saturated rings. The molecule has 0 saturated carbocycles. The fraction of sp³-hybridized carbons (Fsp3) is 0.241. The maximum atomic E-state index is 13.7. The van der Waals surface area contributed by atoms with Crippen LogP contribution in [0.3, 0.4) is 0 Å². The lowest BCUT2D eigenvalue weighted by Crippen LogP contribution is -2.29. The summed E-state index contributed by atoms with van der Waals surface area (Å²) in [6.45, 7) is 3.96. The Morgan fingerprint density at radius 3 is 2.42 bits per heavy atom. The molecule has 0 aliphatic heterocycles. The molecule has 5 rings (SSSR count). The van der Waals surface area contributed by atoms with E-state index in [1.54, 1.807) is 17.0 Å². The van der Waals surface area contributed by atoms with Crippen LogP contribution >= 0.6 is 0 Å². The lowest BCUT2D eigenvalue weighted by Gasteiger charge is -2.15. The molecule has 9 heteroatoms. The van der Waals surface area contributed by atoms with Gasteiger partial charge in [0.05, 0.1) is 11.4 Å². The van der Waals surface area contributed by atoms with Crippen molar-refractivity contribution in [2.75, 3.05) is 0 Å². The molecule has 4 aromatic heterocycles. The van der Waals surface area contributed by atoms with Crippen LogP contribution in [-0.2, 0) is 12.8 Å². The quantitative estimate of drug-likeness (QED) is 0.315. The van der Waals surface area contributed by atoms with Gasteiger partial charge in [0.2, 0.25) is 0 Å². The number of H-pyrrole nitrogens is 1. The zero-order valence-electron chi connectivity index (χ0n) is 20.6. The average molecular weight is 511 g/mol. The summed E-state index contributed by atoms with van der Waals surface area (Å²) in [5.74, 6) is 0.897. The molecule has 0 radical (unpaired) electrons. The molecule has 1 aromatic carbocycles. The molecule has 0 unspecified atom stereocenters. The van der Waals surface area contributed by atoms with Gasteiger partial charge in [0.1, 0.15) is 11.6 Å². The van der Waals surface area contributed by atoms with Crippen molar-refractivity contribution in [3.05, 3.63) is 111 Å². The second-order valence-corrected chi connectivity index (χ2v) is 8.73. The summed E-state index contributed by atoms with van der Waals surface area (Å²) < 4.78 is 6.24. The summed E-state index contributed by atoms with van der Waals surface area (Å²) in [7, 11) is 0. The minimum Gasteiger partial charge on any atom is -0.296 e. The molecule has 0 bridgehead atoms.